The summed E-state index contributed by atoms with van der Waals surface area (Å²) in [5.41, 5.74) is 0.984. The lowest BCUT2D eigenvalue weighted by atomic mass is 10.1. The van der Waals surface area contributed by atoms with Crippen LogP contribution in [0.2, 0.25) is 0 Å². The summed E-state index contributed by atoms with van der Waals surface area (Å²) in [6.07, 6.45) is 6.93. The molecule has 104 valence electrons. The predicted molar refractivity (Wildman–Crippen MR) is 72.9 cm³/mol. The Morgan fingerprint density at radius 2 is 1.95 bits per heavy atom. The van der Waals surface area contributed by atoms with Gasteiger partial charge in [-0.25, -0.2) is 4.39 Å². The van der Waals surface area contributed by atoms with E-state index in [2.05, 4.69) is 5.32 Å². The highest BCUT2D eigenvalue weighted by molar-refractivity contribution is 5.70. The summed E-state index contributed by atoms with van der Waals surface area (Å²) in [7, 11) is 0. The Kier molecular flexibility index (Phi) is 4.77. The Labute approximate surface area is 112 Å². The molecule has 1 aliphatic rings. The van der Waals surface area contributed by atoms with Crippen molar-refractivity contribution >= 4 is 11.7 Å². The average molecular weight is 265 g/mol. The largest absolute Gasteiger partial charge is 0.481 e. The number of rotatable bonds is 4. The van der Waals surface area contributed by atoms with E-state index >= 15 is 0 Å². The van der Waals surface area contributed by atoms with Crippen LogP contribution < -0.4 is 5.32 Å². The molecule has 0 saturated heterocycles. The van der Waals surface area contributed by atoms with E-state index in [-0.39, 0.29) is 12.2 Å². The van der Waals surface area contributed by atoms with Crippen molar-refractivity contribution in [3.05, 3.63) is 29.6 Å². The summed E-state index contributed by atoms with van der Waals surface area (Å²) in [4.78, 5) is 10.6. The van der Waals surface area contributed by atoms with Gasteiger partial charge in [0.1, 0.15) is 5.82 Å². The number of hydrogen-bond acceptors (Lipinski definition) is 2. The van der Waals surface area contributed by atoms with Gasteiger partial charge in [0.05, 0.1) is 12.1 Å². The van der Waals surface area contributed by atoms with Gasteiger partial charge in [0.25, 0.3) is 0 Å². The Hall–Kier alpha value is -1.58. The summed E-state index contributed by atoms with van der Waals surface area (Å²) in [5, 5.41) is 11.9. The molecule has 0 aromatic heterocycles. The maximum absolute atomic E-state index is 13.9. The zero-order chi connectivity index (χ0) is 13.7. The molecular weight excluding hydrogens is 245 g/mol. The Morgan fingerprint density at radius 1 is 1.26 bits per heavy atom. The van der Waals surface area contributed by atoms with Gasteiger partial charge in [-0.2, -0.15) is 0 Å². The summed E-state index contributed by atoms with van der Waals surface area (Å²) in [5.74, 6) is -1.30. The minimum Gasteiger partial charge on any atom is -0.481 e. The van der Waals surface area contributed by atoms with E-state index < -0.39 is 5.97 Å². The quantitative estimate of drug-likeness (QED) is 0.818. The van der Waals surface area contributed by atoms with Crippen molar-refractivity contribution < 1.29 is 14.3 Å². The molecule has 2 rings (SSSR count). The summed E-state index contributed by atoms with van der Waals surface area (Å²) >= 11 is 0. The third kappa shape index (κ3) is 4.23. The van der Waals surface area contributed by atoms with Crippen LogP contribution >= 0.6 is 0 Å². The first kappa shape index (κ1) is 13.8. The van der Waals surface area contributed by atoms with E-state index in [0.29, 0.717) is 17.3 Å². The molecule has 0 spiro atoms. The molecule has 1 aromatic rings. The van der Waals surface area contributed by atoms with Crippen molar-refractivity contribution in [2.24, 2.45) is 0 Å². The SMILES string of the molecule is O=C(O)Cc1ccc(NC2CCCCCC2)c(F)c1. The number of carboxylic acids is 1. The molecule has 3 nitrogen and oxygen atoms in total. The number of anilines is 1. The minimum atomic E-state index is -0.941. The molecule has 4 heteroatoms. The van der Waals surface area contributed by atoms with Gasteiger partial charge in [-0.3, -0.25) is 4.79 Å². The first-order chi connectivity index (χ1) is 9.15. The molecule has 1 saturated carbocycles. The van der Waals surface area contributed by atoms with Crippen molar-refractivity contribution in [3.8, 4) is 0 Å². The third-order valence-corrected chi connectivity index (χ3v) is 3.60. The molecule has 0 amide bonds. The molecule has 0 radical (unpaired) electrons. The first-order valence-corrected chi connectivity index (χ1v) is 6.92. The predicted octanol–water partition coefficient (Wildman–Crippen LogP) is 3.59. The van der Waals surface area contributed by atoms with Crippen LogP contribution in [0.4, 0.5) is 10.1 Å². The molecule has 1 aliphatic carbocycles. The van der Waals surface area contributed by atoms with E-state index in [1.165, 1.54) is 31.7 Å². The molecule has 0 aliphatic heterocycles. The van der Waals surface area contributed by atoms with Crippen molar-refractivity contribution in [3.63, 3.8) is 0 Å². The van der Waals surface area contributed by atoms with Crippen LogP contribution in [0.5, 0.6) is 0 Å². The summed E-state index contributed by atoms with van der Waals surface area (Å²) in [6, 6.07) is 4.98. The van der Waals surface area contributed by atoms with Crippen LogP contribution in [0.3, 0.4) is 0 Å². The topological polar surface area (TPSA) is 49.3 Å². The Bertz CT molecular complexity index is 440. The van der Waals surface area contributed by atoms with Gasteiger partial charge in [0.2, 0.25) is 0 Å². The molecule has 0 atom stereocenters. The second kappa shape index (κ2) is 6.55. The van der Waals surface area contributed by atoms with E-state index in [9.17, 15) is 9.18 Å². The van der Waals surface area contributed by atoms with Gasteiger partial charge >= 0.3 is 5.97 Å². The lowest BCUT2D eigenvalue weighted by Crippen LogP contribution is -2.19. The van der Waals surface area contributed by atoms with Crippen molar-refractivity contribution in [1.82, 2.24) is 0 Å². The average Bonchev–Trinajstić information content (AvgIpc) is 2.60. The molecular formula is C15H20FNO2. The van der Waals surface area contributed by atoms with Gasteiger partial charge in [-0.05, 0) is 30.5 Å². The van der Waals surface area contributed by atoms with Crippen LogP contribution in [0.25, 0.3) is 0 Å². The molecule has 1 fully saturated rings. The first-order valence-electron chi connectivity index (χ1n) is 6.92. The van der Waals surface area contributed by atoms with Gasteiger partial charge < -0.3 is 10.4 Å². The lowest BCUT2D eigenvalue weighted by Gasteiger charge is -2.18. The number of halogens is 1. The van der Waals surface area contributed by atoms with Gasteiger partial charge in [-0.15, -0.1) is 0 Å². The maximum atomic E-state index is 13.9. The molecule has 19 heavy (non-hydrogen) atoms. The van der Waals surface area contributed by atoms with Crippen LogP contribution in [0, 0.1) is 5.82 Å². The van der Waals surface area contributed by atoms with Gasteiger partial charge in [0, 0.05) is 6.04 Å². The molecule has 1 aromatic carbocycles. The van der Waals surface area contributed by atoms with Crippen molar-refractivity contribution in [2.45, 2.75) is 51.0 Å². The van der Waals surface area contributed by atoms with E-state index in [4.69, 9.17) is 5.11 Å². The highest BCUT2D eigenvalue weighted by Gasteiger charge is 2.14. The monoisotopic (exact) mass is 265 g/mol. The third-order valence-electron chi connectivity index (χ3n) is 3.60. The molecule has 0 heterocycles. The van der Waals surface area contributed by atoms with Gasteiger partial charge in [0.15, 0.2) is 0 Å². The highest BCUT2D eigenvalue weighted by Crippen LogP contribution is 2.23. The van der Waals surface area contributed by atoms with Crippen molar-refractivity contribution in [2.75, 3.05) is 5.32 Å². The Morgan fingerprint density at radius 3 is 2.53 bits per heavy atom. The van der Waals surface area contributed by atoms with Gasteiger partial charge in [-0.1, -0.05) is 31.7 Å². The molecule has 2 N–H and O–H groups in total. The maximum Gasteiger partial charge on any atom is 0.307 e. The minimum absolute atomic E-state index is 0.138. The Balaban J connectivity index is 2.01. The second-order valence-corrected chi connectivity index (χ2v) is 5.22. The van der Waals surface area contributed by atoms with E-state index in [0.717, 1.165) is 12.8 Å². The highest BCUT2D eigenvalue weighted by atomic mass is 19.1. The van der Waals surface area contributed by atoms with Crippen LogP contribution in [0.1, 0.15) is 44.1 Å². The molecule has 0 bridgehead atoms. The standard InChI is InChI=1S/C15H20FNO2/c16-13-9-11(10-15(18)19)7-8-14(13)17-12-5-3-1-2-4-6-12/h7-9,12,17H,1-6,10H2,(H,18,19). The van der Waals surface area contributed by atoms with Crippen molar-refractivity contribution in [1.29, 1.82) is 0 Å². The number of aliphatic carboxylic acids is 1. The number of nitrogens with one attached hydrogen (secondary N) is 1. The van der Waals surface area contributed by atoms with E-state index in [1.54, 1.807) is 12.1 Å². The fourth-order valence-electron chi connectivity index (χ4n) is 2.60. The number of carboxylic acid groups (broad SMARTS) is 1. The normalized spacial score (nSPS) is 16.9. The van der Waals surface area contributed by atoms with E-state index in [1.807, 2.05) is 0 Å². The number of hydrogen-bond donors (Lipinski definition) is 2. The number of carbonyl (C=O) groups is 1. The fraction of sp³-hybridized carbons (Fsp3) is 0.533. The second-order valence-electron chi connectivity index (χ2n) is 5.22. The smallest absolute Gasteiger partial charge is 0.307 e. The number of benzene rings is 1. The summed E-state index contributed by atoms with van der Waals surface area (Å²) in [6.45, 7) is 0. The zero-order valence-corrected chi connectivity index (χ0v) is 11.0. The lowest BCUT2D eigenvalue weighted by molar-refractivity contribution is -0.136. The summed E-state index contributed by atoms with van der Waals surface area (Å²) < 4.78 is 13.9. The fourth-order valence-corrected chi connectivity index (χ4v) is 2.60. The van der Waals surface area contributed by atoms with Crippen LogP contribution in [-0.2, 0) is 11.2 Å². The van der Waals surface area contributed by atoms with Crippen LogP contribution in [-0.4, -0.2) is 17.1 Å². The zero-order valence-electron chi connectivity index (χ0n) is 11.0. The van der Waals surface area contributed by atoms with Crippen LogP contribution in [0.15, 0.2) is 18.2 Å². The molecule has 0 unspecified atom stereocenters.